The number of hydrogen-bond donors (Lipinski definition) is 2. The highest BCUT2D eigenvalue weighted by molar-refractivity contribution is 6.39. The van der Waals surface area contributed by atoms with Crippen LogP contribution in [0.2, 0.25) is 10.0 Å². The standard InChI is InChI=1S/C18H16Cl2FNO3/c19-13-7-10(21)8-14(20)16(13)11-4-3-9(6-15(22)18(23)24)17-12(11)2-1-5-25-17/h3-4,7-8,15H,1-2,5-6,22H2,(H,23,24)/t15-/m0/s1. The van der Waals surface area contributed by atoms with E-state index in [9.17, 15) is 9.18 Å². The molecule has 0 aliphatic carbocycles. The molecule has 0 radical (unpaired) electrons. The van der Waals surface area contributed by atoms with Gasteiger partial charge in [-0.15, -0.1) is 0 Å². The van der Waals surface area contributed by atoms with Crippen LogP contribution in [0.4, 0.5) is 4.39 Å². The minimum atomic E-state index is -1.07. The van der Waals surface area contributed by atoms with Crippen molar-refractivity contribution in [2.75, 3.05) is 6.61 Å². The van der Waals surface area contributed by atoms with Gasteiger partial charge in [0.25, 0.3) is 0 Å². The molecule has 25 heavy (non-hydrogen) atoms. The van der Waals surface area contributed by atoms with Gasteiger partial charge < -0.3 is 15.6 Å². The van der Waals surface area contributed by atoms with E-state index in [2.05, 4.69) is 0 Å². The van der Waals surface area contributed by atoms with Gasteiger partial charge in [-0.25, -0.2) is 4.39 Å². The summed E-state index contributed by atoms with van der Waals surface area (Å²) >= 11 is 12.4. The lowest BCUT2D eigenvalue weighted by molar-refractivity contribution is -0.138. The van der Waals surface area contributed by atoms with Gasteiger partial charge >= 0.3 is 5.97 Å². The summed E-state index contributed by atoms with van der Waals surface area (Å²) < 4.78 is 19.3. The number of carboxylic acids is 1. The van der Waals surface area contributed by atoms with E-state index in [4.69, 9.17) is 38.8 Å². The largest absolute Gasteiger partial charge is 0.493 e. The third-order valence-corrected chi connectivity index (χ3v) is 4.79. The molecule has 0 spiro atoms. The molecule has 1 atom stereocenters. The van der Waals surface area contributed by atoms with E-state index >= 15 is 0 Å². The number of hydrogen-bond acceptors (Lipinski definition) is 3. The van der Waals surface area contributed by atoms with E-state index in [0.29, 0.717) is 17.9 Å². The Kier molecular flexibility index (Phi) is 5.18. The molecule has 0 fully saturated rings. The van der Waals surface area contributed by atoms with Crippen molar-refractivity contribution in [2.24, 2.45) is 5.73 Å². The number of ether oxygens (including phenoxy) is 1. The molecule has 1 aliphatic rings. The number of nitrogens with two attached hydrogens (primary N) is 1. The SMILES string of the molecule is N[C@@H](Cc1ccc(-c2c(Cl)cc(F)cc2Cl)c2c1OCCC2)C(=O)O. The smallest absolute Gasteiger partial charge is 0.320 e. The van der Waals surface area contributed by atoms with Crippen LogP contribution in [0.5, 0.6) is 5.75 Å². The highest BCUT2D eigenvalue weighted by Crippen LogP contribution is 2.43. The summed E-state index contributed by atoms with van der Waals surface area (Å²) in [6, 6.07) is 4.99. The fraction of sp³-hybridized carbons (Fsp3) is 0.278. The van der Waals surface area contributed by atoms with Crippen LogP contribution >= 0.6 is 23.2 Å². The third kappa shape index (κ3) is 3.59. The molecule has 2 aromatic rings. The maximum atomic E-state index is 13.5. The van der Waals surface area contributed by atoms with Gasteiger partial charge in [0.2, 0.25) is 0 Å². The molecule has 0 bridgehead atoms. The lowest BCUT2D eigenvalue weighted by Gasteiger charge is -2.25. The van der Waals surface area contributed by atoms with Gasteiger partial charge in [0.1, 0.15) is 17.6 Å². The Morgan fingerprint density at radius 1 is 1.32 bits per heavy atom. The van der Waals surface area contributed by atoms with Gasteiger partial charge in [0.05, 0.1) is 16.7 Å². The van der Waals surface area contributed by atoms with Crippen molar-refractivity contribution in [3.63, 3.8) is 0 Å². The summed E-state index contributed by atoms with van der Waals surface area (Å²) in [6.07, 6.45) is 1.69. The number of rotatable bonds is 4. The Balaban J connectivity index is 2.13. The second-order valence-corrected chi connectivity index (χ2v) is 6.74. The predicted molar refractivity (Wildman–Crippen MR) is 95.0 cm³/mol. The van der Waals surface area contributed by atoms with Crippen molar-refractivity contribution in [1.29, 1.82) is 0 Å². The van der Waals surface area contributed by atoms with Crippen molar-refractivity contribution in [3.8, 4) is 16.9 Å². The molecule has 3 N–H and O–H groups in total. The number of benzene rings is 2. The number of carboxylic acid groups (broad SMARTS) is 1. The zero-order valence-electron chi connectivity index (χ0n) is 13.2. The Morgan fingerprint density at radius 2 is 2.00 bits per heavy atom. The van der Waals surface area contributed by atoms with Crippen LogP contribution in [0.25, 0.3) is 11.1 Å². The second kappa shape index (κ2) is 7.20. The van der Waals surface area contributed by atoms with Crippen LogP contribution in [-0.4, -0.2) is 23.7 Å². The normalized spacial score (nSPS) is 14.6. The molecule has 132 valence electrons. The molecule has 1 aliphatic heterocycles. The molecule has 0 saturated carbocycles. The Morgan fingerprint density at radius 3 is 2.64 bits per heavy atom. The van der Waals surface area contributed by atoms with Crippen LogP contribution in [0.3, 0.4) is 0 Å². The van der Waals surface area contributed by atoms with Gasteiger partial charge in [0, 0.05) is 17.5 Å². The summed E-state index contributed by atoms with van der Waals surface area (Å²) in [5, 5.41) is 9.47. The first-order valence-corrected chi connectivity index (χ1v) is 8.55. The number of halogens is 3. The van der Waals surface area contributed by atoms with E-state index in [1.54, 1.807) is 6.07 Å². The Labute approximate surface area is 154 Å². The van der Waals surface area contributed by atoms with E-state index in [-0.39, 0.29) is 16.5 Å². The average Bonchev–Trinajstić information content (AvgIpc) is 2.55. The number of fused-ring (bicyclic) bond motifs is 1. The first-order valence-electron chi connectivity index (χ1n) is 7.79. The van der Waals surface area contributed by atoms with Crippen LogP contribution in [0, 0.1) is 5.82 Å². The van der Waals surface area contributed by atoms with E-state index in [1.807, 2.05) is 6.07 Å². The molecule has 3 rings (SSSR count). The van der Waals surface area contributed by atoms with Crippen LogP contribution in [0.1, 0.15) is 17.5 Å². The first kappa shape index (κ1) is 18.0. The van der Waals surface area contributed by atoms with Crippen molar-refractivity contribution in [2.45, 2.75) is 25.3 Å². The lowest BCUT2D eigenvalue weighted by Crippen LogP contribution is -2.32. The van der Waals surface area contributed by atoms with Crippen LogP contribution < -0.4 is 10.5 Å². The van der Waals surface area contributed by atoms with Gasteiger partial charge in [-0.3, -0.25) is 4.79 Å². The second-order valence-electron chi connectivity index (χ2n) is 5.93. The highest BCUT2D eigenvalue weighted by atomic mass is 35.5. The molecule has 2 aromatic carbocycles. The van der Waals surface area contributed by atoms with E-state index in [0.717, 1.165) is 29.5 Å². The molecule has 4 nitrogen and oxygen atoms in total. The van der Waals surface area contributed by atoms with E-state index < -0.39 is 17.8 Å². The van der Waals surface area contributed by atoms with Crippen molar-refractivity contribution >= 4 is 29.2 Å². The number of carbonyl (C=O) groups is 1. The molecule has 0 saturated heterocycles. The third-order valence-electron chi connectivity index (χ3n) is 4.19. The first-order chi connectivity index (χ1) is 11.9. The van der Waals surface area contributed by atoms with Gasteiger partial charge in [0.15, 0.2) is 0 Å². The maximum absolute atomic E-state index is 13.5. The fourth-order valence-electron chi connectivity index (χ4n) is 3.05. The van der Waals surface area contributed by atoms with Crippen LogP contribution in [-0.2, 0) is 17.6 Å². The van der Waals surface area contributed by atoms with Gasteiger partial charge in [-0.2, -0.15) is 0 Å². The van der Waals surface area contributed by atoms with Crippen molar-refractivity contribution in [3.05, 3.63) is 51.3 Å². The van der Waals surface area contributed by atoms with Crippen LogP contribution in [0.15, 0.2) is 24.3 Å². The van der Waals surface area contributed by atoms with Gasteiger partial charge in [-0.05, 0) is 36.1 Å². The zero-order valence-corrected chi connectivity index (χ0v) is 14.7. The summed E-state index contributed by atoms with van der Waals surface area (Å²) in [7, 11) is 0. The molecule has 0 amide bonds. The summed E-state index contributed by atoms with van der Waals surface area (Å²) in [5.41, 5.74) is 8.57. The Hall–Kier alpha value is -1.82. The minimum Gasteiger partial charge on any atom is -0.493 e. The Bertz CT molecular complexity index is 818. The summed E-state index contributed by atoms with van der Waals surface area (Å²) in [4.78, 5) is 11.0. The summed E-state index contributed by atoms with van der Waals surface area (Å²) in [5.74, 6) is -0.955. The number of aliphatic carboxylic acids is 1. The molecule has 1 heterocycles. The monoisotopic (exact) mass is 383 g/mol. The molecule has 0 aromatic heterocycles. The quantitative estimate of drug-likeness (QED) is 0.833. The summed E-state index contributed by atoms with van der Waals surface area (Å²) in [6.45, 7) is 0.538. The predicted octanol–water partition coefficient (Wildman–Crippen LogP) is 4.08. The molecular weight excluding hydrogens is 368 g/mol. The topological polar surface area (TPSA) is 72.5 Å². The molecule has 7 heteroatoms. The fourth-order valence-corrected chi connectivity index (χ4v) is 3.71. The average molecular weight is 384 g/mol. The molecular formula is C18H16Cl2FNO3. The zero-order chi connectivity index (χ0) is 18.1. The van der Waals surface area contributed by atoms with Crippen molar-refractivity contribution in [1.82, 2.24) is 0 Å². The molecule has 0 unspecified atom stereocenters. The highest BCUT2D eigenvalue weighted by Gasteiger charge is 2.24. The lowest BCUT2D eigenvalue weighted by atomic mass is 9.90. The van der Waals surface area contributed by atoms with Gasteiger partial charge in [-0.1, -0.05) is 35.3 Å². The maximum Gasteiger partial charge on any atom is 0.320 e. The van der Waals surface area contributed by atoms with E-state index in [1.165, 1.54) is 12.1 Å². The minimum absolute atomic E-state index is 0.156. The van der Waals surface area contributed by atoms with Crippen molar-refractivity contribution < 1.29 is 19.0 Å².